The maximum absolute atomic E-state index is 12.5. The van der Waals surface area contributed by atoms with E-state index < -0.39 is 0 Å². The van der Waals surface area contributed by atoms with Crippen LogP contribution in [-0.4, -0.2) is 24.5 Å². The van der Waals surface area contributed by atoms with Gasteiger partial charge in [-0.25, -0.2) is 0 Å². The van der Waals surface area contributed by atoms with E-state index in [1.807, 2.05) is 60.4 Å². The fourth-order valence-corrected chi connectivity index (χ4v) is 2.76. The molecule has 2 aromatic rings. The van der Waals surface area contributed by atoms with Gasteiger partial charge in [0.1, 0.15) is 0 Å². The summed E-state index contributed by atoms with van der Waals surface area (Å²) in [5.41, 5.74) is 2.08. The monoisotopic (exact) mass is 297 g/mol. The molecule has 0 bridgehead atoms. The van der Waals surface area contributed by atoms with Crippen molar-refractivity contribution in [2.45, 2.75) is 19.5 Å². The Balaban J connectivity index is 1.94. The number of nitrogens with zero attached hydrogens (tertiary/aromatic N) is 1. The highest BCUT2D eigenvalue weighted by atomic mass is 16.5. The number of amides is 1. The molecule has 0 radical (unpaired) electrons. The molecule has 1 aliphatic heterocycles. The normalized spacial score (nSPS) is 15.5. The molecule has 0 aliphatic carbocycles. The smallest absolute Gasteiger partial charge is 0.261 e. The van der Waals surface area contributed by atoms with Crippen molar-refractivity contribution < 1.29 is 14.3 Å². The second-order valence-electron chi connectivity index (χ2n) is 5.35. The van der Waals surface area contributed by atoms with E-state index in [4.69, 9.17) is 9.47 Å². The predicted octanol–water partition coefficient (Wildman–Crippen LogP) is 3.18. The Labute approximate surface area is 130 Å². The van der Waals surface area contributed by atoms with Gasteiger partial charge >= 0.3 is 0 Å². The molecule has 1 atom stereocenters. The third kappa shape index (κ3) is 2.64. The van der Waals surface area contributed by atoms with Crippen molar-refractivity contribution in [3.05, 3.63) is 59.7 Å². The molecular weight excluding hydrogens is 278 g/mol. The van der Waals surface area contributed by atoms with Gasteiger partial charge in [-0.05, 0) is 18.6 Å². The Bertz CT molecular complexity index is 669. The Morgan fingerprint density at radius 3 is 2.64 bits per heavy atom. The highest BCUT2D eigenvalue weighted by Gasteiger charge is 2.27. The van der Waals surface area contributed by atoms with Crippen molar-refractivity contribution in [3.63, 3.8) is 0 Å². The molecule has 4 nitrogen and oxygen atoms in total. The molecule has 0 aromatic heterocycles. The van der Waals surface area contributed by atoms with Crippen LogP contribution < -0.4 is 9.47 Å². The van der Waals surface area contributed by atoms with Crippen molar-refractivity contribution in [2.24, 2.45) is 0 Å². The van der Waals surface area contributed by atoms with Gasteiger partial charge in [-0.3, -0.25) is 4.79 Å². The van der Waals surface area contributed by atoms with E-state index in [2.05, 4.69) is 0 Å². The van der Waals surface area contributed by atoms with Crippen molar-refractivity contribution >= 4 is 5.91 Å². The van der Waals surface area contributed by atoms with E-state index in [0.717, 1.165) is 11.1 Å². The lowest BCUT2D eigenvalue weighted by Crippen LogP contribution is -2.34. The van der Waals surface area contributed by atoms with Crippen LogP contribution in [0.15, 0.2) is 48.5 Å². The molecule has 4 heteroatoms. The zero-order valence-electron chi connectivity index (χ0n) is 12.8. The number of ether oxygens (including phenoxy) is 2. The van der Waals surface area contributed by atoms with Crippen LogP contribution >= 0.6 is 0 Å². The fourth-order valence-electron chi connectivity index (χ4n) is 2.76. The first kappa shape index (κ1) is 14.4. The summed E-state index contributed by atoms with van der Waals surface area (Å²) in [6.45, 7) is 2.59. The van der Waals surface area contributed by atoms with Crippen molar-refractivity contribution in [1.29, 1.82) is 0 Å². The van der Waals surface area contributed by atoms with Crippen LogP contribution in [0.3, 0.4) is 0 Å². The number of rotatable bonds is 3. The van der Waals surface area contributed by atoms with E-state index in [0.29, 0.717) is 18.0 Å². The van der Waals surface area contributed by atoms with Gasteiger partial charge in [0.15, 0.2) is 18.1 Å². The first-order valence-electron chi connectivity index (χ1n) is 7.34. The number of carbonyl (C=O) groups is 1. The molecule has 0 fully saturated rings. The van der Waals surface area contributed by atoms with Gasteiger partial charge in [0.05, 0.1) is 19.7 Å². The highest BCUT2D eigenvalue weighted by Crippen LogP contribution is 2.35. The van der Waals surface area contributed by atoms with Crippen LogP contribution in [0.5, 0.6) is 11.5 Å². The first-order valence-corrected chi connectivity index (χ1v) is 7.34. The van der Waals surface area contributed by atoms with Crippen LogP contribution in [0, 0.1) is 0 Å². The van der Waals surface area contributed by atoms with Gasteiger partial charge in [-0.2, -0.15) is 0 Å². The van der Waals surface area contributed by atoms with Gasteiger partial charge in [0.2, 0.25) is 0 Å². The Morgan fingerprint density at radius 2 is 1.91 bits per heavy atom. The van der Waals surface area contributed by atoms with Gasteiger partial charge in [0.25, 0.3) is 5.91 Å². The number of hydrogen-bond acceptors (Lipinski definition) is 3. The molecular formula is C18H19NO3. The summed E-state index contributed by atoms with van der Waals surface area (Å²) < 4.78 is 11.0. The molecule has 1 amide bonds. The zero-order valence-corrected chi connectivity index (χ0v) is 12.8. The van der Waals surface area contributed by atoms with Gasteiger partial charge in [-0.15, -0.1) is 0 Å². The van der Waals surface area contributed by atoms with Crippen LogP contribution in [0.25, 0.3) is 0 Å². The molecule has 3 rings (SSSR count). The lowest BCUT2D eigenvalue weighted by molar-refractivity contribution is -0.135. The van der Waals surface area contributed by atoms with Crippen LogP contribution in [0.1, 0.15) is 24.1 Å². The van der Waals surface area contributed by atoms with Crippen molar-refractivity contribution in [3.8, 4) is 11.5 Å². The average Bonchev–Trinajstić information content (AvgIpc) is 2.74. The van der Waals surface area contributed by atoms with Gasteiger partial charge in [-0.1, -0.05) is 42.5 Å². The first-order chi connectivity index (χ1) is 10.7. The average molecular weight is 297 g/mol. The van der Waals surface area contributed by atoms with E-state index in [-0.39, 0.29) is 18.6 Å². The lowest BCUT2D eigenvalue weighted by Gasteiger charge is -2.27. The summed E-state index contributed by atoms with van der Waals surface area (Å²) in [5, 5.41) is 0. The van der Waals surface area contributed by atoms with Crippen LogP contribution in [-0.2, 0) is 11.3 Å². The van der Waals surface area contributed by atoms with E-state index >= 15 is 0 Å². The topological polar surface area (TPSA) is 38.8 Å². The van der Waals surface area contributed by atoms with E-state index in [1.54, 1.807) is 7.11 Å². The summed E-state index contributed by atoms with van der Waals surface area (Å²) >= 11 is 0. The predicted molar refractivity (Wildman–Crippen MR) is 83.9 cm³/mol. The largest absolute Gasteiger partial charge is 0.493 e. The third-order valence-electron chi connectivity index (χ3n) is 4.03. The maximum Gasteiger partial charge on any atom is 0.261 e. The number of hydrogen-bond donors (Lipinski definition) is 0. The number of fused-ring (bicyclic) bond motifs is 1. The number of carbonyl (C=O) groups excluding carboxylic acids is 1. The highest BCUT2D eigenvalue weighted by molar-refractivity contribution is 5.79. The number of benzene rings is 2. The summed E-state index contributed by atoms with van der Waals surface area (Å²) in [5.74, 6) is 1.32. The summed E-state index contributed by atoms with van der Waals surface area (Å²) in [6, 6.07) is 15.8. The molecule has 114 valence electrons. The quantitative estimate of drug-likeness (QED) is 0.873. The second-order valence-corrected chi connectivity index (χ2v) is 5.35. The maximum atomic E-state index is 12.5. The Hall–Kier alpha value is -2.49. The minimum Gasteiger partial charge on any atom is -0.493 e. The summed E-state index contributed by atoms with van der Waals surface area (Å²) in [7, 11) is 1.61. The van der Waals surface area contributed by atoms with E-state index in [9.17, 15) is 4.79 Å². The molecule has 0 saturated heterocycles. The molecule has 22 heavy (non-hydrogen) atoms. The van der Waals surface area contributed by atoms with Gasteiger partial charge < -0.3 is 14.4 Å². The standard InChI is InChI=1S/C18H19NO3/c1-13(14-7-4-3-5-8-14)19-11-15-9-6-10-16(21-2)18(15)22-12-17(19)20/h3-10,13H,11-12H2,1-2H3/t13-/m0/s1. The lowest BCUT2D eigenvalue weighted by atomic mass is 10.1. The SMILES string of the molecule is COc1cccc2c1OCC(=O)N([C@@H](C)c1ccccc1)C2. The van der Waals surface area contributed by atoms with Crippen molar-refractivity contribution in [1.82, 2.24) is 4.90 Å². The number of para-hydroxylation sites is 1. The summed E-state index contributed by atoms with van der Waals surface area (Å²) in [4.78, 5) is 14.3. The third-order valence-corrected chi connectivity index (χ3v) is 4.03. The summed E-state index contributed by atoms with van der Waals surface area (Å²) in [6.07, 6.45) is 0. The van der Waals surface area contributed by atoms with E-state index in [1.165, 1.54) is 0 Å². The molecule has 0 unspecified atom stereocenters. The minimum atomic E-state index is -0.0189. The zero-order chi connectivity index (χ0) is 15.5. The van der Waals surface area contributed by atoms with Crippen molar-refractivity contribution in [2.75, 3.05) is 13.7 Å². The minimum absolute atomic E-state index is 0.00514. The second kappa shape index (κ2) is 6.10. The number of methoxy groups -OCH3 is 1. The van der Waals surface area contributed by atoms with Gasteiger partial charge in [0, 0.05) is 5.56 Å². The molecule has 1 aliphatic rings. The molecule has 0 spiro atoms. The Morgan fingerprint density at radius 1 is 1.14 bits per heavy atom. The molecule has 0 saturated carbocycles. The van der Waals surface area contributed by atoms with Crippen LogP contribution in [0.4, 0.5) is 0 Å². The molecule has 2 aromatic carbocycles. The van der Waals surface area contributed by atoms with Crippen LogP contribution in [0.2, 0.25) is 0 Å². The Kier molecular flexibility index (Phi) is 4.00. The molecule has 1 heterocycles. The molecule has 0 N–H and O–H groups in total. The fraction of sp³-hybridized carbons (Fsp3) is 0.278.